The van der Waals surface area contributed by atoms with E-state index in [0.717, 1.165) is 18.4 Å². The third kappa shape index (κ3) is 2.43. The topological polar surface area (TPSA) is 65.8 Å². The van der Waals surface area contributed by atoms with Crippen LogP contribution >= 0.6 is 0 Å². The van der Waals surface area contributed by atoms with Gasteiger partial charge in [-0.25, -0.2) is 0 Å². The predicted molar refractivity (Wildman–Crippen MR) is 40.7 cm³/mol. The van der Waals surface area contributed by atoms with Crippen molar-refractivity contribution in [2.24, 2.45) is 5.11 Å². The molecule has 1 aliphatic carbocycles. The van der Waals surface area contributed by atoms with Gasteiger partial charge in [-0.3, -0.25) is 4.79 Å². The molecule has 4 nitrogen and oxygen atoms in total. The Kier molecular flexibility index (Phi) is 2.69. The van der Waals surface area contributed by atoms with E-state index in [4.69, 9.17) is 5.53 Å². The molecule has 1 fully saturated rings. The number of nitrogens with zero attached hydrogens (tertiary/aromatic N) is 3. The molecule has 0 unspecified atom stereocenters. The fourth-order valence-electron chi connectivity index (χ4n) is 1.09. The van der Waals surface area contributed by atoms with Gasteiger partial charge in [-0.1, -0.05) is 10.7 Å². The van der Waals surface area contributed by atoms with Crippen molar-refractivity contribution in [3.63, 3.8) is 0 Å². The van der Waals surface area contributed by atoms with Crippen LogP contribution in [0.3, 0.4) is 0 Å². The smallest absolute Gasteiger partial charge is 0.133 e. The molecule has 58 valence electrons. The maximum Gasteiger partial charge on any atom is 0.133 e. The first-order valence-corrected chi connectivity index (χ1v) is 3.57. The molecular formula is C7H9N3O. The number of hydrogen-bond donors (Lipinski definition) is 0. The van der Waals surface area contributed by atoms with Gasteiger partial charge in [0.2, 0.25) is 0 Å². The number of allylic oxidation sites excluding steroid dienone is 1. The number of rotatable bonds is 1. The largest absolute Gasteiger partial charge is 0.300 e. The minimum absolute atomic E-state index is 0.308. The maximum atomic E-state index is 10.8. The normalized spacial score (nSPS) is 17.5. The molecule has 0 saturated heterocycles. The number of azide groups is 1. The molecule has 0 radical (unpaired) electrons. The van der Waals surface area contributed by atoms with Crippen LogP contribution in [-0.4, -0.2) is 5.78 Å². The van der Waals surface area contributed by atoms with Gasteiger partial charge in [0, 0.05) is 24.0 Å². The average Bonchev–Trinajstić information content (AvgIpc) is 2.04. The molecule has 0 N–H and O–H groups in total. The lowest BCUT2D eigenvalue weighted by atomic mass is 9.95. The summed E-state index contributed by atoms with van der Waals surface area (Å²) in [6.07, 6.45) is 4.25. The highest BCUT2D eigenvalue weighted by Gasteiger charge is 2.11. The molecule has 11 heavy (non-hydrogen) atoms. The van der Waals surface area contributed by atoms with Crippen LogP contribution in [0, 0.1) is 0 Å². The second-order valence-electron chi connectivity index (χ2n) is 2.53. The minimum Gasteiger partial charge on any atom is -0.300 e. The molecule has 4 heteroatoms. The SMILES string of the molecule is [N-]=[N+]=NC=C1CCC(=O)CC1. The number of Topliss-reactive ketones (excluding diaryl/α,β-unsaturated/α-hetero) is 1. The summed E-state index contributed by atoms with van der Waals surface area (Å²) in [5.41, 5.74) is 9.08. The van der Waals surface area contributed by atoms with Crippen molar-refractivity contribution in [3.8, 4) is 0 Å². The number of carbonyl (C=O) groups excluding carboxylic acids is 1. The molecule has 0 aromatic rings. The van der Waals surface area contributed by atoms with E-state index < -0.39 is 0 Å². The number of hydrogen-bond acceptors (Lipinski definition) is 2. The van der Waals surface area contributed by atoms with E-state index in [0.29, 0.717) is 18.6 Å². The van der Waals surface area contributed by atoms with E-state index in [1.165, 1.54) is 6.20 Å². The van der Waals surface area contributed by atoms with Gasteiger partial charge >= 0.3 is 0 Å². The van der Waals surface area contributed by atoms with Crippen molar-refractivity contribution in [1.82, 2.24) is 0 Å². The Labute approximate surface area is 64.5 Å². The van der Waals surface area contributed by atoms with Gasteiger partial charge in [0.15, 0.2) is 0 Å². The fourth-order valence-corrected chi connectivity index (χ4v) is 1.09. The van der Waals surface area contributed by atoms with Crippen molar-refractivity contribution in [1.29, 1.82) is 0 Å². The van der Waals surface area contributed by atoms with Crippen LogP contribution in [-0.2, 0) is 4.79 Å². The summed E-state index contributed by atoms with van der Waals surface area (Å²) in [5.74, 6) is 0.308. The highest BCUT2D eigenvalue weighted by atomic mass is 16.1. The summed E-state index contributed by atoms with van der Waals surface area (Å²) in [4.78, 5) is 13.4. The summed E-state index contributed by atoms with van der Waals surface area (Å²) in [6, 6.07) is 0. The Bertz CT molecular complexity index is 226. The Morgan fingerprint density at radius 2 is 2.00 bits per heavy atom. The molecule has 0 atom stereocenters. The standard InChI is InChI=1S/C7H9N3O/c8-10-9-5-6-1-3-7(11)4-2-6/h5H,1-4H2. The zero-order valence-corrected chi connectivity index (χ0v) is 6.16. The minimum atomic E-state index is 0.308. The summed E-state index contributed by atoms with van der Waals surface area (Å²) < 4.78 is 0. The third-order valence-corrected chi connectivity index (χ3v) is 1.74. The molecule has 0 bridgehead atoms. The van der Waals surface area contributed by atoms with E-state index >= 15 is 0 Å². The molecule has 0 spiro atoms. The molecule has 0 heterocycles. The van der Waals surface area contributed by atoms with E-state index in [9.17, 15) is 4.79 Å². The molecule has 1 saturated carbocycles. The van der Waals surface area contributed by atoms with Crippen LogP contribution in [0.25, 0.3) is 10.4 Å². The zero-order chi connectivity index (χ0) is 8.10. The average molecular weight is 151 g/mol. The summed E-state index contributed by atoms with van der Waals surface area (Å²) in [7, 11) is 0. The Hall–Kier alpha value is -1.28. The van der Waals surface area contributed by atoms with Crippen LogP contribution in [0.15, 0.2) is 16.9 Å². The van der Waals surface area contributed by atoms with E-state index in [-0.39, 0.29) is 0 Å². The van der Waals surface area contributed by atoms with Crippen LogP contribution in [0.4, 0.5) is 0 Å². The van der Waals surface area contributed by atoms with E-state index in [1.807, 2.05) is 0 Å². The third-order valence-electron chi connectivity index (χ3n) is 1.74. The van der Waals surface area contributed by atoms with Crippen molar-refractivity contribution in [2.75, 3.05) is 0 Å². The quantitative estimate of drug-likeness (QED) is 0.322. The van der Waals surface area contributed by atoms with Gasteiger partial charge in [0.1, 0.15) is 5.78 Å². The highest BCUT2D eigenvalue weighted by molar-refractivity contribution is 5.80. The van der Waals surface area contributed by atoms with Crippen molar-refractivity contribution >= 4 is 5.78 Å². The van der Waals surface area contributed by atoms with Crippen molar-refractivity contribution < 1.29 is 4.79 Å². The van der Waals surface area contributed by atoms with E-state index in [1.54, 1.807) is 0 Å². The summed E-state index contributed by atoms with van der Waals surface area (Å²) in [6.45, 7) is 0. The Morgan fingerprint density at radius 1 is 1.36 bits per heavy atom. The van der Waals surface area contributed by atoms with Crippen LogP contribution < -0.4 is 0 Å². The van der Waals surface area contributed by atoms with Gasteiger partial charge in [0.05, 0.1) is 0 Å². The first kappa shape index (κ1) is 7.82. The van der Waals surface area contributed by atoms with Crippen LogP contribution in [0.1, 0.15) is 25.7 Å². The highest BCUT2D eigenvalue weighted by Crippen LogP contribution is 2.20. The molecule has 0 aromatic carbocycles. The molecule has 0 amide bonds. The molecule has 0 aliphatic heterocycles. The molecule has 1 aliphatic rings. The van der Waals surface area contributed by atoms with E-state index in [2.05, 4.69) is 10.0 Å². The number of carbonyl (C=O) groups is 1. The van der Waals surface area contributed by atoms with Crippen molar-refractivity contribution in [3.05, 3.63) is 22.2 Å². The van der Waals surface area contributed by atoms with Crippen LogP contribution in [0.2, 0.25) is 0 Å². The van der Waals surface area contributed by atoms with Gasteiger partial charge in [-0.05, 0) is 18.4 Å². The lowest BCUT2D eigenvalue weighted by molar-refractivity contribution is -0.119. The first-order valence-electron chi connectivity index (χ1n) is 3.57. The van der Waals surface area contributed by atoms with Crippen LogP contribution in [0.5, 0.6) is 0 Å². The zero-order valence-electron chi connectivity index (χ0n) is 6.16. The Morgan fingerprint density at radius 3 is 2.55 bits per heavy atom. The summed E-state index contributed by atoms with van der Waals surface area (Å²) >= 11 is 0. The monoisotopic (exact) mass is 151 g/mol. The van der Waals surface area contributed by atoms with Gasteiger partial charge in [-0.15, -0.1) is 0 Å². The maximum absolute atomic E-state index is 10.8. The lowest BCUT2D eigenvalue weighted by Crippen LogP contribution is -2.05. The second-order valence-corrected chi connectivity index (χ2v) is 2.53. The first-order chi connectivity index (χ1) is 5.33. The Balaban J connectivity index is 2.50. The molecular weight excluding hydrogens is 142 g/mol. The number of ketones is 1. The fraction of sp³-hybridized carbons (Fsp3) is 0.571. The summed E-state index contributed by atoms with van der Waals surface area (Å²) in [5, 5.41) is 3.33. The molecule has 1 rings (SSSR count). The molecule has 0 aromatic heterocycles. The van der Waals surface area contributed by atoms with Gasteiger partial charge in [0.25, 0.3) is 0 Å². The second kappa shape index (κ2) is 3.78. The van der Waals surface area contributed by atoms with Gasteiger partial charge < -0.3 is 0 Å². The predicted octanol–water partition coefficient (Wildman–Crippen LogP) is 2.32. The van der Waals surface area contributed by atoms with Gasteiger partial charge in [-0.2, -0.15) is 0 Å². The lowest BCUT2D eigenvalue weighted by Gasteiger charge is -2.10. The van der Waals surface area contributed by atoms with Crippen molar-refractivity contribution in [2.45, 2.75) is 25.7 Å².